The number of para-hydroxylation sites is 3. The fourth-order valence-corrected chi connectivity index (χ4v) is 8.48. The second-order valence-electron chi connectivity index (χ2n) is 14.5. The monoisotopic (exact) mass is 728 g/mol. The number of benzene rings is 9. The van der Waals surface area contributed by atoms with Crippen LogP contribution in [0.5, 0.6) is 0 Å². The molecule has 0 N–H and O–H groups in total. The van der Waals surface area contributed by atoms with Gasteiger partial charge in [0, 0.05) is 44.2 Å². The van der Waals surface area contributed by atoms with Crippen molar-refractivity contribution in [2.45, 2.75) is 0 Å². The minimum atomic E-state index is 0.882. The molecule has 3 nitrogen and oxygen atoms in total. The molecule has 0 bridgehead atoms. The van der Waals surface area contributed by atoms with Gasteiger partial charge < -0.3 is 13.9 Å². The van der Waals surface area contributed by atoms with Gasteiger partial charge >= 0.3 is 0 Å². The first-order valence-corrected chi connectivity index (χ1v) is 19.4. The number of fused-ring (bicyclic) bond motifs is 6. The zero-order valence-electron chi connectivity index (χ0n) is 31.1. The Morgan fingerprint density at radius 3 is 1.60 bits per heavy atom. The van der Waals surface area contributed by atoms with Gasteiger partial charge in [0.05, 0.1) is 16.7 Å². The lowest BCUT2D eigenvalue weighted by atomic mass is 10.0. The Balaban J connectivity index is 1.03. The number of anilines is 3. The van der Waals surface area contributed by atoms with Crippen LogP contribution in [0.1, 0.15) is 0 Å². The molecule has 0 aliphatic heterocycles. The van der Waals surface area contributed by atoms with E-state index >= 15 is 0 Å². The van der Waals surface area contributed by atoms with Crippen LogP contribution in [-0.4, -0.2) is 4.57 Å². The summed E-state index contributed by atoms with van der Waals surface area (Å²) < 4.78 is 8.65. The van der Waals surface area contributed by atoms with E-state index in [9.17, 15) is 0 Å². The highest BCUT2D eigenvalue weighted by molar-refractivity contribution is 6.11. The second kappa shape index (κ2) is 13.6. The maximum Gasteiger partial charge on any atom is 0.135 e. The van der Waals surface area contributed by atoms with Gasteiger partial charge in [0.25, 0.3) is 0 Å². The summed E-state index contributed by atoms with van der Waals surface area (Å²) in [7, 11) is 0. The molecule has 0 aliphatic rings. The van der Waals surface area contributed by atoms with E-state index in [1.54, 1.807) is 0 Å². The Labute approximate surface area is 330 Å². The largest absolute Gasteiger partial charge is 0.456 e. The summed E-state index contributed by atoms with van der Waals surface area (Å²) >= 11 is 0. The molecule has 2 aromatic heterocycles. The number of hydrogen-bond donors (Lipinski definition) is 0. The molecule has 3 heteroatoms. The van der Waals surface area contributed by atoms with Gasteiger partial charge in [0.2, 0.25) is 0 Å². The van der Waals surface area contributed by atoms with E-state index in [4.69, 9.17) is 4.42 Å². The Kier molecular flexibility index (Phi) is 7.82. The molecule has 0 spiro atoms. The van der Waals surface area contributed by atoms with Crippen molar-refractivity contribution < 1.29 is 4.42 Å². The molecule has 0 fully saturated rings. The summed E-state index contributed by atoms with van der Waals surface area (Å²) in [6, 6.07) is 78.2. The second-order valence-corrected chi connectivity index (χ2v) is 14.5. The Morgan fingerprint density at radius 1 is 0.316 bits per heavy atom. The normalized spacial score (nSPS) is 11.5. The number of rotatable bonds is 7. The minimum absolute atomic E-state index is 0.882. The van der Waals surface area contributed by atoms with Crippen molar-refractivity contribution >= 4 is 60.8 Å². The summed E-state index contributed by atoms with van der Waals surface area (Å²) in [5.74, 6) is 0. The summed E-state index contributed by atoms with van der Waals surface area (Å²) in [6.07, 6.45) is 0. The highest BCUT2D eigenvalue weighted by atomic mass is 16.3. The lowest BCUT2D eigenvalue weighted by molar-refractivity contribution is 0.669. The van der Waals surface area contributed by atoms with Crippen molar-refractivity contribution in [2.75, 3.05) is 4.90 Å². The van der Waals surface area contributed by atoms with Crippen molar-refractivity contribution in [3.8, 4) is 39.1 Å². The summed E-state index contributed by atoms with van der Waals surface area (Å²) in [5, 5.41) is 4.70. The van der Waals surface area contributed by atoms with Gasteiger partial charge in [-0.05, 0) is 101 Å². The van der Waals surface area contributed by atoms with Gasteiger partial charge in [-0.2, -0.15) is 0 Å². The standard InChI is InChI=1S/C54H36N2O/c1-3-13-37(14-4-1)39-23-28-42(29-24-39)55(44-32-34-54-49(36-44)47-19-9-12-22-53(47)57-54)43-30-25-40(26-31-43)45-17-7-10-20-50(45)56-51-21-11-8-18-46(51)48-35-41(27-33-52(48)56)38-15-5-2-6-16-38/h1-36H. The van der Waals surface area contributed by atoms with Crippen LogP contribution in [-0.2, 0) is 0 Å². The molecule has 0 unspecified atom stereocenters. The third kappa shape index (κ3) is 5.68. The molecule has 268 valence electrons. The average molecular weight is 729 g/mol. The summed E-state index contributed by atoms with van der Waals surface area (Å²) in [6.45, 7) is 0. The Hall–Kier alpha value is -7.62. The first kappa shape index (κ1) is 32.8. The molecule has 9 aromatic carbocycles. The minimum Gasteiger partial charge on any atom is -0.456 e. The predicted molar refractivity (Wildman–Crippen MR) is 239 cm³/mol. The average Bonchev–Trinajstić information content (AvgIpc) is 3.83. The third-order valence-corrected chi connectivity index (χ3v) is 11.2. The zero-order valence-corrected chi connectivity index (χ0v) is 31.1. The van der Waals surface area contributed by atoms with Gasteiger partial charge in [-0.25, -0.2) is 0 Å². The molecule has 0 saturated heterocycles. The summed E-state index contributed by atoms with van der Waals surface area (Å²) in [5.41, 5.74) is 15.7. The fourth-order valence-electron chi connectivity index (χ4n) is 8.48. The van der Waals surface area contributed by atoms with Crippen LogP contribution in [0.3, 0.4) is 0 Å². The van der Waals surface area contributed by atoms with E-state index in [0.29, 0.717) is 0 Å². The number of furan rings is 1. The van der Waals surface area contributed by atoms with Crippen LogP contribution in [0.4, 0.5) is 17.1 Å². The van der Waals surface area contributed by atoms with Crippen LogP contribution >= 0.6 is 0 Å². The van der Waals surface area contributed by atoms with Crippen LogP contribution < -0.4 is 4.90 Å². The van der Waals surface area contributed by atoms with Crippen LogP contribution in [0.15, 0.2) is 223 Å². The van der Waals surface area contributed by atoms with Crippen LogP contribution in [0.2, 0.25) is 0 Å². The molecule has 0 aliphatic carbocycles. The molecule has 57 heavy (non-hydrogen) atoms. The summed E-state index contributed by atoms with van der Waals surface area (Å²) in [4.78, 5) is 2.34. The molecule has 2 heterocycles. The van der Waals surface area contributed by atoms with Crippen molar-refractivity contribution in [3.63, 3.8) is 0 Å². The smallest absolute Gasteiger partial charge is 0.135 e. The molecular formula is C54H36N2O. The zero-order chi connectivity index (χ0) is 37.7. The van der Waals surface area contributed by atoms with E-state index in [1.807, 2.05) is 12.1 Å². The highest BCUT2D eigenvalue weighted by Gasteiger charge is 2.19. The van der Waals surface area contributed by atoms with E-state index in [2.05, 4.69) is 216 Å². The van der Waals surface area contributed by atoms with E-state index in [-0.39, 0.29) is 0 Å². The SMILES string of the molecule is c1ccc(-c2ccc(N(c3ccc(-c4ccccc4-n4c5ccccc5c5cc(-c6ccccc6)ccc54)cc3)c3ccc4oc5ccccc5c4c3)cc2)cc1. The topological polar surface area (TPSA) is 21.3 Å². The number of hydrogen-bond acceptors (Lipinski definition) is 2. The molecule has 0 radical (unpaired) electrons. The number of nitrogens with zero attached hydrogens (tertiary/aromatic N) is 2. The lowest BCUT2D eigenvalue weighted by Gasteiger charge is -2.26. The first-order valence-electron chi connectivity index (χ1n) is 19.4. The predicted octanol–water partition coefficient (Wildman–Crippen LogP) is 15.2. The van der Waals surface area contributed by atoms with Crippen molar-refractivity contribution in [3.05, 3.63) is 218 Å². The molecule has 11 rings (SSSR count). The lowest BCUT2D eigenvalue weighted by Crippen LogP contribution is -2.09. The quantitative estimate of drug-likeness (QED) is 0.163. The van der Waals surface area contributed by atoms with Crippen molar-refractivity contribution in [1.29, 1.82) is 0 Å². The Morgan fingerprint density at radius 2 is 0.842 bits per heavy atom. The van der Waals surface area contributed by atoms with E-state index in [1.165, 1.54) is 49.6 Å². The maximum atomic E-state index is 6.23. The van der Waals surface area contributed by atoms with Gasteiger partial charge in [0.1, 0.15) is 11.2 Å². The molecule has 0 saturated carbocycles. The van der Waals surface area contributed by atoms with E-state index in [0.717, 1.165) is 50.3 Å². The van der Waals surface area contributed by atoms with Crippen LogP contribution in [0, 0.1) is 0 Å². The number of aromatic nitrogens is 1. The third-order valence-electron chi connectivity index (χ3n) is 11.2. The van der Waals surface area contributed by atoms with Gasteiger partial charge in [0.15, 0.2) is 0 Å². The fraction of sp³-hybridized carbons (Fsp3) is 0. The molecule has 11 aromatic rings. The molecular weight excluding hydrogens is 693 g/mol. The molecule has 0 amide bonds. The van der Waals surface area contributed by atoms with E-state index < -0.39 is 0 Å². The van der Waals surface area contributed by atoms with Gasteiger partial charge in [-0.15, -0.1) is 0 Å². The van der Waals surface area contributed by atoms with Gasteiger partial charge in [-0.1, -0.05) is 146 Å². The van der Waals surface area contributed by atoms with Gasteiger partial charge in [-0.3, -0.25) is 0 Å². The van der Waals surface area contributed by atoms with Crippen molar-refractivity contribution in [2.24, 2.45) is 0 Å². The highest BCUT2D eigenvalue weighted by Crippen LogP contribution is 2.42. The first-order chi connectivity index (χ1) is 28.3. The Bertz CT molecular complexity index is 3210. The maximum absolute atomic E-state index is 6.23. The van der Waals surface area contributed by atoms with Crippen molar-refractivity contribution in [1.82, 2.24) is 4.57 Å². The molecule has 0 atom stereocenters. The van der Waals surface area contributed by atoms with Crippen LogP contribution in [0.25, 0.3) is 82.8 Å².